The molecule has 6 nitrogen and oxygen atoms in total. The second kappa shape index (κ2) is 8.20. The summed E-state index contributed by atoms with van der Waals surface area (Å²) in [5.74, 6) is 1.30. The molecule has 1 atom stereocenters. The molecule has 1 aliphatic heterocycles. The summed E-state index contributed by atoms with van der Waals surface area (Å²) in [4.78, 5) is 20.9. The van der Waals surface area contributed by atoms with Crippen LogP contribution in [-0.2, 0) is 0 Å². The second-order valence-electron chi connectivity index (χ2n) is 5.68. The van der Waals surface area contributed by atoms with Crippen LogP contribution in [0.25, 0.3) is 0 Å². The number of hydrogen-bond donors (Lipinski definition) is 1. The number of nitrogens with zero attached hydrogens (tertiary/aromatic N) is 2. The monoisotopic (exact) mass is 359 g/mol. The number of fused-ring (bicyclic) bond motifs is 1. The number of rotatable bonds is 6. The van der Waals surface area contributed by atoms with Crippen LogP contribution in [-0.4, -0.2) is 35.3 Å². The number of amides is 1. The van der Waals surface area contributed by atoms with Crippen LogP contribution in [0.5, 0.6) is 11.5 Å². The number of thioether (sulfide) groups is 1. The molecule has 2 aromatic rings. The zero-order valence-electron chi connectivity index (χ0n) is 14.3. The summed E-state index contributed by atoms with van der Waals surface area (Å²) < 4.78 is 11.2. The molecule has 1 aromatic carbocycles. The van der Waals surface area contributed by atoms with E-state index >= 15 is 0 Å². The molecule has 25 heavy (non-hydrogen) atoms. The second-order valence-corrected chi connectivity index (χ2v) is 6.45. The van der Waals surface area contributed by atoms with Crippen molar-refractivity contribution in [1.29, 1.82) is 0 Å². The average Bonchev–Trinajstić information content (AvgIpc) is 2.67. The molecule has 0 spiro atoms. The number of ether oxygens (including phenoxy) is 2. The lowest BCUT2D eigenvalue weighted by atomic mass is 10.0. The minimum Gasteiger partial charge on any atom is -0.486 e. The third-order valence-electron chi connectivity index (χ3n) is 3.92. The molecule has 0 bridgehead atoms. The van der Waals surface area contributed by atoms with Crippen molar-refractivity contribution in [2.75, 3.05) is 19.5 Å². The highest BCUT2D eigenvalue weighted by atomic mass is 32.2. The van der Waals surface area contributed by atoms with Crippen molar-refractivity contribution in [2.45, 2.75) is 31.0 Å². The Morgan fingerprint density at radius 3 is 2.64 bits per heavy atom. The maximum Gasteiger partial charge on any atom is 0.254 e. The van der Waals surface area contributed by atoms with E-state index in [9.17, 15) is 4.79 Å². The molecule has 1 N–H and O–H groups in total. The molecule has 3 rings (SSSR count). The fraction of sp³-hybridized carbons (Fsp3) is 0.389. The molecular formula is C18H21N3O3S. The topological polar surface area (TPSA) is 73.3 Å². The summed E-state index contributed by atoms with van der Waals surface area (Å²) in [6, 6.07) is 5.72. The van der Waals surface area contributed by atoms with E-state index in [1.54, 1.807) is 12.4 Å². The minimum absolute atomic E-state index is 0.103. The number of benzene rings is 1. The van der Waals surface area contributed by atoms with E-state index in [0.29, 0.717) is 23.9 Å². The Balaban J connectivity index is 1.77. The fourth-order valence-electron chi connectivity index (χ4n) is 2.67. The zero-order valence-corrected chi connectivity index (χ0v) is 15.1. The quantitative estimate of drug-likeness (QED) is 0.630. The van der Waals surface area contributed by atoms with E-state index in [2.05, 4.69) is 22.2 Å². The first-order chi connectivity index (χ1) is 12.2. The zero-order chi connectivity index (χ0) is 17.6. The molecule has 0 saturated heterocycles. The van der Waals surface area contributed by atoms with E-state index in [1.807, 2.05) is 24.5 Å². The summed E-state index contributed by atoms with van der Waals surface area (Å²) in [5, 5.41) is 3.72. The van der Waals surface area contributed by atoms with Crippen molar-refractivity contribution in [3.63, 3.8) is 0 Å². The maximum absolute atomic E-state index is 12.5. The van der Waals surface area contributed by atoms with Crippen LogP contribution in [0, 0.1) is 0 Å². The number of hydrogen-bond acceptors (Lipinski definition) is 6. The van der Waals surface area contributed by atoms with E-state index in [-0.39, 0.29) is 11.9 Å². The molecule has 132 valence electrons. The predicted octanol–water partition coefficient (Wildman–Crippen LogP) is 3.24. The van der Waals surface area contributed by atoms with Crippen molar-refractivity contribution in [1.82, 2.24) is 15.3 Å². The highest BCUT2D eigenvalue weighted by Gasteiger charge is 2.19. The van der Waals surface area contributed by atoms with Crippen molar-refractivity contribution in [2.24, 2.45) is 0 Å². The van der Waals surface area contributed by atoms with Gasteiger partial charge >= 0.3 is 0 Å². The molecule has 0 saturated carbocycles. The van der Waals surface area contributed by atoms with Crippen LogP contribution in [0.3, 0.4) is 0 Å². The smallest absolute Gasteiger partial charge is 0.254 e. The largest absolute Gasteiger partial charge is 0.486 e. The summed E-state index contributed by atoms with van der Waals surface area (Å²) in [5.41, 5.74) is 1.46. The molecule has 0 aliphatic carbocycles. The van der Waals surface area contributed by atoms with Crippen molar-refractivity contribution in [3.8, 4) is 11.5 Å². The van der Waals surface area contributed by atoms with Crippen molar-refractivity contribution < 1.29 is 14.3 Å². The Labute approximate surface area is 151 Å². The van der Waals surface area contributed by atoms with Crippen LogP contribution in [0.1, 0.15) is 41.7 Å². The minimum atomic E-state index is -0.180. The fourth-order valence-corrected chi connectivity index (χ4v) is 2.98. The Morgan fingerprint density at radius 2 is 1.96 bits per heavy atom. The molecule has 0 radical (unpaired) electrons. The normalized spacial score (nSPS) is 14.0. The van der Waals surface area contributed by atoms with Gasteiger partial charge in [-0.2, -0.15) is 0 Å². The first-order valence-electron chi connectivity index (χ1n) is 8.27. The van der Waals surface area contributed by atoms with Gasteiger partial charge < -0.3 is 14.8 Å². The van der Waals surface area contributed by atoms with Crippen molar-refractivity contribution >= 4 is 17.7 Å². The summed E-state index contributed by atoms with van der Waals surface area (Å²) in [7, 11) is 0. The Kier molecular flexibility index (Phi) is 5.75. The summed E-state index contributed by atoms with van der Waals surface area (Å²) in [6.07, 6.45) is 6.78. The molecular weight excluding hydrogens is 338 g/mol. The van der Waals surface area contributed by atoms with Gasteiger partial charge in [0.2, 0.25) is 0 Å². The van der Waals surface area contributed by atoms with E-state index < -0.39 is 0 Å². The Bertz CT molecular complexity index is 737. The number of nitrogens with one attached hydrogen (secondary N) is 1. The lowest BCUT2D eigenvalue weighted by molar-refractivity contribution is 0.0933. The van der Waals surface area contributed by atoms with E-state index in [1.165, 1.54) is 11.8 Å². The first kappa shape index (κ1) is 17.5. The number of carbonyl (C=O) groups excluding carboxylic acids is 1. The van der Waals surface area contributed by atoms with E-state index in [4.69, 9.17) is 9.47 Å². The number of carbonyl (C=O) groups is 1. The SMILES string of the molecule is CCC[C@H](NC(=O)c1cnc(SC)nc1)c1ccc2c(c1)OCCO2. The van der Waals surface area contributed by atoms with Gasteiger partial charge in [0.25, 0.3) is 5.91 Å². The van der Waals surface area contributed by atoms with Crippen LogP contribution in [0.15, 0.2) is 35.7 Å². The third-order valence-corrected chi connectivity index (χ3v) is 4.50. The molecule has 2 heterocycles. The highest BCUT2D eigenvalue weighted by Crippen LogP contribution is 2.33. The van der Waals surface area contributed by atoms with Gasteiger partial charge in [-0.25, -0.2) is 9.97 Å². The van der Waals surface area contributed by atoms with Crippen molar-refractivity contribution in [3.05, 3.63) is 41.7 Å². The van der Waals surface area contributed by atoms with Gasteiger partial charge in [0.1, 0.15) is 13.2 Å². The van der Waals surface area contributed by atoms with Gasteiger partial charge in [-0.1, -0.05) is 31.2 Å². The molecule has 1 aliphatic rings. The van der Waals surface area contributed by atoms with Gasteiger partial charge in [-0.05, 0) is 30.4 Å². The predicted molar refractivity (Wildman–Crippen MR) is 96.4 cm³/mol. The van der Waals surface area contributed by atoms with Gasteiger partial charge in [-0.15, -0.1) is 0 Å². The summed E-state index contributed by atoms with van der Waals surface area (Å²) >= 11 is 1.44. The highest BCUT2D eigenvalue weighted by molar-refractivity contribution is 7.98. The van der Waals surface area contributed by atoms with Crippen LogP contribution in [0.2, 0.25) is 0 Å². The first-order valence-corrected chi connectivity index (χ1v) is 9.50. The Hall–Kier alpha value is -2.28. The molecule has 0 unspecified atom stereocenters. The van der Waals surface area contributed by atoms with Crippen LogP contribution < -0.4 is 14.8 Å². The summed E-state index contributed by atoms with van der Waals surface area (Å²) in [6.45, 7) is 3.20. The third kappa shape index (κ3) is 4.22. The molecule has 1 aromatic heterocycles. The lowest BCUT2D eigenvalue weighted by Gasteiger charge is -2.23. The van der Waals surface area contributed by atoms with Crippen LogP contribution >= 0.6 is 11.8 Å². The standard InChI is InChI=1S/C18H21N3O3S/c1-3-4-14(12-5-6-15-16(9-12)24-8-7-23-15)21-17(22)13-10-19-18(25-2)20-11-13/h5-6,9-11,14H,3-4,7-8H2,1-2H3,(H,21,22)/t14-/m0/s1. The average molecular weight is 359 g/mol. The van der Waals surface area contributed by atoms with Gasteiger partial charge in [-0.3, -0.25) is 4.79 Å². The molecule has 0 fully saturated rings. The number of aromatic nitrogens is 2. The lowest BCUT2D eigenvalue weighted by Crippen LogP contribution is -2.29. The van der Waals surface area contributed by atoms with Gasteiger partial charge in [0, 0.05) is 12.4 Å². The Morgan fingerprint density at radius 1 is 1.24 bits per heavy atom. The maximum atomic E-state index is 12.5. The van der Waals surface area contributed by atoms with Gasteiger partial charge in [0.15, 0.2) is 16.7 Å². The van der Waals surface area contributed by atoms with E-state index in [0.717, 1.165) is 29.9 Å². The van der Waals surface area contributed by atoms with Crippen LogP contribution in [0.4, 0.5) is 0 Å². The van der Waals surface area contributed by atoms with Gasteiger partial charge in [0.05, 0.1) is 11.6 Å². The molecule has 1 amide bonds. The molecule has 7 heteroatoms.